The minimum absolute atomic E-state index is 0.00835. The molecule has 2 amide bonds. The number of nitrogens with zero attached hydrogens (tertiary/aromatic N) is 4. The third kappa shape index (κ3) is 5.20. The zero-order valence-corrected chi connectivity index (χ0v) is 18.3. The van der Waals surface area contributed by atoms with Crippen molar-refractivity contribution in [3.05, 3.63) is 17.1 Å². The molecule has 2 aliphatic rings. The molecule has 0 saturated carbocycles. The number of fused-ring (bicyclic) bond motifs is 1. The first kappa shape index (κ1) is 23.9. The molecule has 0 aliphatic carbocycles. The molecule has 0 unspecified atom stereocenters. The Bertz CT molecular complexity index is 1080. The zero-order valence-electron chi connectivity index (χ0n) is 16.7. The predicted molar refractivity (Wildman–Crippen MR) is 111 cm³/mol. The molecule has 3 rings (SSSR count). The van der Waals surface area contributed by atoms with E-state index in [9.17, 15) is 29.1 Å². The van der Waals surface area contributed by atoms with E-state index in [1.54, 1.807) is 0 Å². The number of hydrogen-bond donors (Lipinski definition) is 4. The summed E-state index contributed by atoms with van der Waals surface area (Å²) >= 11 is 1.92. The summed E-state index contributed by atoms with van der Waals surface area (Å²) in [6, 6.07) is -1.12. The highest BCUT2D eigenvalue weighted by Gasteiger charge is 2.54. The van der Waals surface area contributed by atoms with Crippen LogP contribution in [0.2, 0.25) is 0 Å². The number of carboxylic acids is 2. The van der Waals surface area contributed by atoms with Gasteiger partial charge in [0.2, 0.25) is 18.1 Å². The molecule has 0 bridgehead atoms. The number of rotatable bonds is 9. The van der Waals surface area contributed by atoms with Crippen LogP contribution in [0.4, 0.5) is 5.13 Å². The lowest BCUT2D eigenvalue weighted by atomic mass is 10.0. The van der Waals surface area contributed by atoms with Gasteiger partial charge in [-0.3, -0.25) is 19.3 Å². The van der Waals surface area contributed by atoms with Gasteiger partial charge in [0.05, 0.1) is 0 Å². The number of hydrogen-bond acceptors (Lipinski definition) is 13. The lowest BCUT2D eigenvalue weighted by molar-refractivity contribution is -0.150. The van der Waals surface area contributed by atoms with Gasteiger partial charge in [-0.2, -0.15) is 9.36 Å². The summed E-state index contributed by atoms with van der Waals surface area (Å²) in [6.45, 7) is 0.0409. The fourth-order valence-electron chi connectivity index (χ4n) is 2.86. The second kappa shape index (κ2) is 9.82. The van der Waals surface area contributed by atoms with Crippen LogP contribution in [0.3, 0.4) is 0 Å². The van der Waals surface area contributed by atoms with Crippen LogP contribution in [0.25, 0.3) is 0 Å². The van der Waals surface area contributed by atoms with E-state index in [0.29, 0.717) is 0 Å². The smallest absolute Gasteiger partial charge is 0.352 e. The number of nitrogens with one attached hydrogen (secondary N) is 1. The monoisotopic (exact) mass is 500 g/mol. The molecule has 1 aromatic rings. The molecule has 15 nitrogen and oxygen atoms in total. The van der Waals surface area contributed by atoms with Crippen LogP contribution < -0.4 is 11.1 Å². The number of anilines is 1. The van der Waals surface area contributed by atoms with Crippen molar-refractivity contribution in [2.75, 3.05) is 24.7 Å². The molecule has 1 saturated heterocycles. The number of esters is 1. The van der Waals surface area contributed by atoms with Crippen LogP contribution in [0, 0.1) is 0 Å². The molecule has 33 heavy (non-hydrogen) atoms. The molecular formula is C16H16N6O9S2. The van der Waals surface area contributed by atoms with E-state index < -0.39 is 53.5 Å². The summed E-state index contributed by atoms with van der Waals surface area (Å²) in [5.74, 6) is -5.10. The van der Waals surface area contributed by atoms with Gasteiger partial charge < -0.3 is 30.8 Å². The molecule has 1 fully saturated rings. The molecule has 3 heterocycles. The van der Waals surface area contributed by atoms with Crippen molar-refractivity contribution < 1.29 is 43.8 Å². The average Bonchev–Trinajstić information content (AvgIpc) is 3.17. The van der Waals surface area contributed by atoms with Crippen LogP contribution in [0.1, 0.15) is 12.7 Å². The third-order valence-electron chi connectivity index (χ3n) is 4.20. The van der Waals surface area contributed by atoms with Crippen molar-refractivity contribution in [1.82, 2.24) is 19.6 Å². The Morgan fingerprint density at radius 2 is 2.06 bits per heavy atom. The fourth-order valence-corrected chi connectivity index (χ4v) is 4.62. The molecular weight excluding hydrogens is 484 g/mol. The first-order valence-corrected chi connectivity index (χ1v) is 10.8. The summed E-state index contributed by atoms with van der Waals surface area (Å²) in [4.78, 5) is 68.3. The Morgan fingerprint density at radius 3 is 2.64 bits per heavy atom. The van der Waals surface area contributed by atoms with Crippen LogP contribution in [0.5, 0.6) is 0 Å². The van der Waals surface area contributed by atoms with Crippen molar-refractivity contribution >= 4 is 63.9 Å². The lowest BCUT2D eigenvalue weighted by Gasteiger charge is -2.49. The van der Waals surface area contributed by atoms with Gasteiger partial charge in [-0.05, 0) is 0 Å². The van der Waals surface area contributed by atoms with Crippen molar-refractivity contribution in [3.63, 3.8) is 0 Å². The third-order valence-corrected chi connectivity index (χ3v) is 6.08. The van der Waals surface area contributed by atoms with Crippen molar-refractivity contribution in [1.29, 1.82) is 0 Å². The number of ether oxygens (including phenoxy) is 1. The second-order valence-corrected chi connectivity index (χ2v) is 8.35. The van der Waals surface area contributed by atoms with Crippen LogP contribution in [-0.4, -0.2) is 90.3 Å². The molecule has 1 aromatic heterocycles. The summed E-state index contributed by atoms with van der Waals surface area (Å²) < 4.78 is 8.68. The van der Waals surface area contributed by atoms with Gasteiger partial charge in [0.15, 0.2) is 5.13 Å². The minimum atomic E-state index is -1.38. The number of aliphatic carboxylic acids is 2. The maximum Gasteiger partial charge on any atom is 0.352 e. The summed E-state index contributed by atoms with van der Waals surface area (Å²) in [5.41, 5.74) is 4.92. The van der Waals surface area contributed by atoms with Crippen molar-refractivity contribution in [3.8, 4) is 0 Å². The van der Waals surface area contributed by atoms with Gasteiger partial charge >= 0.3 is 17.9 Å². The van der Waals surface area contributed by atoms with Crippen molar-refractivity contribution in [2.45, 2.75) is 18.3 Å². The summed E-state index contributed by atoms with van der Waals surface area (Å²) in [5, 5.41) is 23.4. The molecule has 5 N–H and O–H groups in total. The Kier molecular flexibility index (Phi) is 7.12. The SMILES string of the molecule is CC(=O)OCC1=C(C(=O)O)N2C(=O)[C@@H](NC(=O)/C(=N\OCC(=O)O)c3nsc(N)n3)[C@H]2SC1. The standard InChI is InChI=1S/C16H16N6O9S2/c1-5(23)30-2-6-4-32-14-9(13(27)22(14)10(6)15(28)29)18-12(26)8(20-31-3-7(24)25)11-19-16(17)33-21-11/h9,14H,2-4H2,1H3,(H,18,26)(H,24,25)(H,28,29)(H2,17,19,21)/b20-8-/t9-,14-/m1/s1. The normalized spacial score (nSPS) is 20.0. The van der Waals surface area contributed by atoms with Gasteiger partial charge in [-0.15, -0.1) is 11.8 Å². The van der Waals surface area contributed by atoms with Crippen LogP contribution in [-0.2, 0) is 33.5 Å². The predicted octanol–water partition coefficient (Wildman–Crippen LogP) is -1.77. The number of thioether (sulfide) groups is 1. The van der Waals surface area contributed by atoms with E-state index in [4.69, 9.17) is 15.6 Å². The number of carbonyl (C=O) groups excluding carboxylic acids is 3. The maximum atomic E-state index is 12.8. The number of nitrogen functional groups attached to an aromatic ring is 1. The topological polar surface area (TPSA) is 224 Å². The van der Waals surface area contributed by atoms with E-state index in [1.807, 2.05) is 0 Å². The highest BCUT2D eigenvalue weighted by atomic mass is 32.2. The molecule has 176 valence electrons. The second-order valence-electron chi connectivity index (χ2n) is 6.46. The molecule has 0 radical (unpaired) electrons. The molecule has 17 heteroatoms. The summed E-state index contributed by atoms with van der Waals surface area (Å²) in [7, 11) is 0. The van der Waals surface area contributed by atoms with Crippen molar-refractivity contribution in [2.24, 2.45) is 5.16 Å². The number of carboxylic acid groups (broad SMARTS) is 2. The Hall–Kier alpha value is -3.73. The van der Waals surface area contributed by atoms with Gasteiger partial charge in [0, 0.05) is 29.8 Å². The van der Waals surface area contributed by atoms with E-state index in [0.717, 1.165) is 28.2 Å². The fraction of sp³-hybridized carbons (Fsp3) is 0.375. The number of aromatic nitrogens is 2. The quantitative estimate of drug-likeness (QED) is 0.128. The first-order chi connectivity index (χ1) is 15.6. The maximum absolute atomic E-state index is 12.8. The number of nitrogens with two attached hydrogens (primary N) is 1. The van der Waals surface area contributed by atoms with Crippen LogP contribution in [0.15, 0.2) is 16.4 Å². The summed E-state index contributed by atoms with van der Waals surface area (Å²) in [6.07, 6.45) is 0. The van der Waals surface area contributed by atoms with Crippen LogP contribution >= 0.6 is 23.3 Å². The number of β-lactam (4-membered cyclic amide) rings is 1. The highest BCUT2D eigenvalue weighted by Crippen LogP contribution is 2.40. The molecule has 2 atom stereocenters. The Morgan fingerprint density at radius 1 is 1.33 bits per heavy atom. The Balaban J connectivity index is 1.78. The van der Waals surface area contributed by atoms with E-state index in [2.05, 4.69) is 24.7 Å². The molecule has 0 spiro atoms. The highest BCUT2D eigenvalue weighted by molar-refractivity contribution is 8.00. The van der Waals surface area contributed by atoms with E-state index >= 15 is 0 Å². The van der Waals surface area contributed by atoms with E-state index in [-0.39, 0.29) is 34.6 Å². The number of amides is 2. The van der Waals surface area contributed by atoms with Gasteiger partial charge in [0.25, 0.3) is 11.8 Å². The Labute approximate surface area is 192 Å². The molecule has 0 aromatic carbocycles. The number of oxime groups is 1. The zero-order chi connectivity index (χ0) is 24.3. The number of carbonyl (C=O) groups is 5. The average molecular weight is 500 g/mol. The molecule has 2 aliphatic heterocycles. The first-order valence-electron chi connectivity index (χ1n) is 8.95. The van der Waals surface area contributed by atoms with E-state index in [1.165, 1.54) is 6.92 Å². The largest absolute Gasteiger partial charge is 0.479 e. The minimum Gasteiger partial charge on any atom is -0.479 e. The van der Waals surface area contributed by atoms with Gasteiger partial charge in [-0.1, -0.05) is 5.16 Å². The van der Waals surface area contributed by atoms with Gasteiger partial charge in [0.1, 0.15) is 23.7 Å². The van der Waals surface area contributed by atoms with Gasteiger partial charge in [-0.25, -0.2) is 9.59 Å². The lowest BCUT2D eigenvalue weighted by Crippen LogP contribution is -2.71.